The topological polar surface area (TPSA) is 98.4 Å². The second-order valence-corrected chi connectivity index (χ2v) is 13.5. The Kier molecular flexibility index (Phi) is 6.63. The van der Waals surface area contributed by atoms with Gasteiger partial charge in [-0.3, -0.25) is 4.98 Å². The molecule has 4 aromatic rings. The Bertz CT molecular complexity index is 1850. The van der Waals surface area contributed by atoms with Crippen molar-refractivity contribution in [3.05, 3.63) is 47.7 Å². The summed E-state index contributed by atoms with van der Waals surface area (Å²) in [4.78, 5) is 16.3. The molecule has 2 atom stereocenters. The lowest BCUT2D eigenvalue weighted by Gasteiger charge is -2.52. The fourth-order valence-corrected chi connectivity index (χ4v) is 8.25. The lowest BCUT2D eigenvalue weighted by Crippen LogP contribution is -2.51. The number of methoxy groups -OCH3 is 1. The van der Waals surface area contributed by atoms with Gasteiger partial charge in [-0.15, -0.1) is 6.42 Å². The third-order valence-corrected chi connectivity index (χ3v) is 10.9. The molecule has 4 bridgehead atoms. The number of hydrogen-bond donors (Lipinski definition) is 2. The molecule has 5 fully saturated rings. The molecular weight excluding hydrogens is 574 g/mol. The highest BCUT2D eigenvalue weighted by Crippen LogP contribution is 2.53. The first-order chi connectivity index (χ1) is 21.8. The minimum absolute atomic E-state index is 0.00421. The number of nitrogens with one attached hydrogen (secondary N) is 1. The summed E-state index contributed by atoms with van der Waals surface area (Å²) < 4.78 is 44.0. The Balaban J connectivity index is 1.24. The van der Waals surface area contributed by atoms with Crippen LogP contribution >= 0.6 is 0 Å². The number of ether oxygens (including phenoxy) is 2. The van der Waals surface area contributed by atoms with E-state index >= 15 is 4.39 Å². The fourth-order valence-electron chi connectivity index (χ4n) is 8.25. The molecule has 9 rings (SSSR count). The number of fused-ring (bicyclic) bond motifs is 7. The zero-order valence-corrected chi connectivity index (χ0v) is 25.3. The number of aromatic nitrogens is 3. The van der Waals surface area contributed by atoms with Crippen molar-refractivity contribution in [1.82, 2.24) is 20.3 Å². The molecule has 5 aliphatic rings. The molecule has 3 saturated carbocycles. The van der Waals surface area contributed by atoms with Crippen molar-refractivity contribution in [2.24, 2.45) is 5.41 Å². The Morgan fingerprint density at radius 2 is 1.80 bits per heavy atom. The van der Waals surface area contributed by atoms with Crippen molar-refractivity contribution in [3.8, 4) is 29.6 Å². The van der Waals surface area contributed by atoms with Crippen molar-refractivity contribution in [3.63, 3.8) is 0 Å². The van der Waals surface area contributed by atoms with Gasteiger partial charge in [-0.2, -0.15) is 9.97 Å². The third kappa shape index (κ3) is 4.67. The molecule has 2 saturated heterocycles. The molecule has 3 N–H and O–H groups in total. The zero-order chi connectivity index (χ0) is 30.9. The predicted molar refractivity (Wildman–Crippen MR) is 170 cm³/mol. The van der Waals surface area contributed by atoms with Gasteiger partial charge >= 0.3 is 6.01 Å². The van der Waals surface area contributed by atoms with Crippen molar-refractivity contribution in [2.75, 3.05) is 37.4 Å². The van der Waals surface area contributed by atoms with E-state index in [-0.39, 0.29) is 33.8 Å². The molecule has 2 aliphatic heterocycles. The van der Waals surface area contributed by atoms with E-state index in [2.05, 4.69) is 26.1 Å². The van der Waals surface area contributed by atoms with Gasteiger partial charge in [-0.25, -0.2) is 8.78 Å². The van der Waals surface area contributed by atoms with Gasteiger partial charge in [0, 0.05) is 60.5 Å². The molecule has 4 heterocycles. The first kappa shape index (κ1) is 28.4. The summed E-state index contributed by atoms with van der Waals surface area (Å²) in [6.07, 6.45) is 15.6. The van der Waals surface area contributed by atoms with Crippen LogP contribution in [-0.4, -0.2) is 59.4 Å². The van der Waals surface area contributed by atoms with Crippen LogP contribution in [0.5, 0.6) is 6.01 Å². The molecule has 232 valence electrons. The molecule has 2 aromatic heterocycles. The highest BCUT2D eigenvalue weighted by molar-refractivity contribution is 6.03. The molecule has 0 unspecified atom stereocenters. The first-order valence-corrected chi connectivity index (χ1v) is 15.8. The van der Waals surface area contributed by atoms with Crippen LogP contribution in [0.3, 0.4) is 0 Å². The van der Waals surface area contributed by atoms with E-state index in [0.29, 0.717) is 51.9 Å². The zero-order valence-electron chi connectivity index (χ0n) is 25.3. The first-order valence-electron chi connectivity index (χ1n) is 15.8. The van der Waals surface area contributed by atoms with Crippen LogP contribution in [0.2, 0.25) is 0 Å². The van der Waals surface area contributed by atoms with Crippen molar-refractivity contribution < 1.29 is 18.3 Å². The molecule has 3 aliphatic carbocycles. The number of nitrogen functional groups attached to an aromatic ring is 1. The summed E-state index contributed by atoms with van der Waals surface area (Å²) in [5.74, 6) is 1.82. The van der Waals surface area contributed by atoms with Gasteiger partial charge in [0.2, 0.25) is 0 Å². The summed E-state index contributed by atoms with van der Waals surface area (Å²) in [5.41, 5.74) is 7.07. The maximum Gasteiger partial charge on any atom is 0.319 e. The van der Waals surface area contributed by atoms with E-state index < -0.39 is 11.6 Å². The summed E-state index contributed by atoms with van der Waals surface area (Å²) in [5, 5.41) is 5.13. The molecular formula is C35H36F2N6O2. The van der Waals surface area contributed by atoms with Gasteiger partial charge in [-0.1, -0.05) is 12.0 Å². The Hall–Kier alpha value is -4.07. The van der Waals surface area contributed by atoms with Crippen LogP contribution in [-0.2, 0) is 4.74 Å². The van der Waals surface area contributed by atoms with Crippen LogP contribution in [0.1, 0.15) is 56.9 Å². The van der Waals surface area contributed by atoms with E-state index in [1.54, 1.807) is 24.4 Å². The molecule has 0 radical (unpaired) electrons. The maximum absolute atomic E-state index is 16.8. The number of anilines is 2. The van der Waals surface area contributed by atoms with Crippen molar-refractivity contribution in [2.45, 2.75) is 69.1 Å². The van der Waals surface area contributed by atoms with Crippen LogP contribution in [0.25, 0.3) is 32.9 Å². The quantitative estimate of drug-likeness (QED) is 0.211. The lowest BCUT2D eigenvalue weighted by atomic mass is 9.59. The van der Waals surface area contributed by atoms with Gasteiger partial charge in [0.25, 0.3) is 0 Å². The normalized spacial score (nSPS) is 27.3. The van der Waals surface area contributed by atoms with Gasteiger partial charge in [0.1, 0.15) is 22.8 Å². The molecule has 0 spiro atoms. The number of nitrogens with zero attached hydrogens (tertiary/aromatic N) is 4. The van der Waals surface area contributed by atoms with Crippen LogP contribution in [0.15, 0.2) is 30.5 Å². The third-order valence-electron chi connectivity index (χ3n) is 10.9. The minimum Gasteiger partial charge on any atom is -0.463 e. The monoisotopic (exact) mass is 610 g/mol. The average molecular weight is 611 g/mol. The Morgan fingerprint density at radius 3 is 2.49 bits per heavy atom. The number of pyridine rings is 1. The van der Waals surface area contributed by atoms with Crippen molar-refractivity contribution >= 4 is 33.2 Å². The van der Waals surface area contributed by atoms with E-state index in [1.807, 2.05) is 7.11 Å². The smallest absolute Gasteiger partial charge is 0.319 e. The summed E-state index contributed by atoms with van der Waals surface area (Å²) in [6.45, 7) is 1.97. The van der Waals surface area contributed by atoms with E-state index in [0.717, 1.165) is 64.5 Å². The van der Waals surface area contributed by atoms with E-state index in [4.69, 9.17) is 26.6 Å². The van der Waals surface area contributed by atoms with Crippen LogP contribution in [0, 0.1) is 29.4 Å². The van der Waals surface area contributed by atoms with Crippen LogP contribution < -0.4 is 20.7 Å². The second kappa shape index (κ2) is 10.5. The number of halogens is 2. The molecule has 2 aromatic carbocycles. The van der Waals surface area contributed by atoms with Crippen molar-refractivity contribution in [1.29, 1.82) is 0 Å². The summed E-state index contributed by atoms with van der Waals surface area (Å²) >= 11 is 0. The minimum atomic E-state index is -0.656. The van der Waals surface area contributed by atoms with Gasteiger partial charge in [0.05, 0.1) is 23.2 Å². The number of rotatable bonds is 6. The molecule has 0 amide bonds. The Labute approximate surface area is 260 Å². The summed E-state index contributed by atoms with van der Waals surface area (Å²) in [7, 11) is 1.82. The standard InChI is InChI=1S/C35H36F2N6O2/c1-3-24-27(36)7-4-20-14-21(38)15-25(28(20)24)30-29(37)31-26(16-39-30)32(43-17-22-5-6-23(18-43)40-22)42-33(41-31)45-19-34-8-11-35(44-2,12-9-34)13-10-34/h1,4,7,14-16,22-23,40H,5-6,8-13,17-19,38H2,2H3/t22-,23+,34?,35?. The largest absolute Gasteiger partial charge is 0.463 e. The molecule has 10 heteroatoms. The SMILES string of the molecule is C#Cc1c(F)ccc2cc(N)cc(-c3ncc4c(N5C[C@H]6CC[C@@H](C5)N6)nc(OCC56CCC(OC)(CC5)CC6)nc4c3F)c12. The number of terminal acetylenes is 1. The Morgan fingerprint density at radius 1 is 1.07 bits per heavy atom. The van der Waals surface area contributed by atoms with Gasteiger partial charge in [0.15, 0.2) is 5.82 Å². The number of piperazine rings is 1. The lowest BCUT2D eigenvalue weighted by molar-refractivity contribution is -0.126. The summed E-state index contributed by atoms with van der Waals surface area (Å²) in [6, 6.07) is 6.99. The van der Waals surface area contributed by atoms with Gasteiger partial charge < -0.3 is 25.4 Å². The second-order valence-electron chi connectivity index (χ2n) is 13.5. The van der Waals surface area contributed by atoms with Crippen LogP contribution in [0.4, 0.5) is 20.3 Å². The number of nitrogens with two attached hydrogens (primary N) is 1. The highest BCUT2D eigenvalue weighted by Gasteiger charge is 2.49. The highest BCUT2D eigenvalue weighted by atomic mass is 19.1. The van der Waals surface area contributed by atoms with E-state index in [1.165, 1.54) is 6.07 Å². The number of benzene rings is 2. The number of hydrogen-bond acceptors (Lipinski definition) is 8. The average Bonchev–Trinajstić information content (AvgIpc) is 3.41. The fraction of sp³-hybridized carbons (Fsp3) is 0.457. The predicted octanol–water partition coefficient (Wildman–Crippen LogP) is 5.75. The molecule has 45 heavy (non-hydrogen) atoms. The van der Waals surface area contributed by atoms with E-state index in [9.17, 15) is 4.39 Å². The molecule has 8 nitrogen and oxygen atoms in total. The van der Waals surface area contributed by atoms with Gasteiger partial charge in [-0.05, 0) is 75.0 Å². The maximum atomic E-state index is 16.8.